The molecule has 0 atom stereocenters. The number of hydrogen-bond acceptors (Lipinski definition) is 9. The first kappa shape index (κ1) is 19.1. The van der Waals surface area contributed by atoms with Gasteiger partial charge in [0.25, 0.3) is 5.91 Å². The highest BCUT2D eigenvalue weighted by atomic mass is 32.1. The van der Waals surface area contributed by atoms with Crippen molar-refractivity contribution >= 4 is 39.7 Å². The second-order valence-electron chi connectivity index (χ2n) is 5.55. The zero-order chi connectivity index (χ0) is 20.3. The van der Waals surface area contributed by atoms with E-state index in [0.717, 1.165) is 29.0 Å². The second kappa shape index (κ2) is 7.92. The Balaban J connectivity index is 1.81. The Morgan fingerprint density at radius 1 is 1.18 bits per heavy atom. The van der Waals surface area contributed by atoms with Crippen LogP contribution >= 0.6 is 11.3 Å². The second-order valence-corrected chi connectivity index (χ2v) is 6.75. The molecule has 2 aromatic heterocycles. The van der Waals surface area contributed by atoms with Gasteiger partial charge in [-0.1, -0.05) is 0 Å². The lowest BCUT2D eigenvalue weighted by atomic mass is 10.2. The third-order valence-corrected chi connectivity index (χ3v) is 4.65. The summed E-state index contributed by atoms with van der Waals surface area (Å²) in [5, 5.41) is 14.8. The zero-order valence-corrected chi connectivity index (χ0v) is 15.5. The van der Waals surface area contributed by atoms with E-state index in [0.29, 0.717) is 5.13 Å². The Bertz CT molecular complexity index is 1020. The van der Waals surface area contributed by atoms with E-state index >= 15 is 0 Å². The Morgan fingerprint density at radius 2 is 1.86 bits per heavy atom. The summed E-state index contributed by atoms with van der Waals surface area (Å²) in [5.74, 6) is -1.40. The van der Waals surface area contributed by atoms with Crippen LogP contribution in [0.1, 0.15) is 20.9 Å². The molecule has 0 spiro atoms. The molecule has 0 fully saturated rings. The summed E-state index contributed by atoms with van der Waals surface area (Å²) < 4.78 is 12.9. The number of benzene rings is 1. The molecule has 144 valence electrons. The van der Waals surface area contributed by atoms with Crippen LogP contribution in [0.25, 0.3) is 0 Å². The van der Waals surface area contributed by atoms with Crippen molar-refractivity contribution in [3.05, 3.63) is 62.7 Å². The maximum Gasteiger partial charge on any atom is 0.355 e. The average molecular weight is 403 g/mol. The van der Waals surface area contributed by atoms with Crippen molar-refractivity contribution in [2.75, 3.05) is 10.7 Å². The van der Waals surface area contributed by atoms with Crippen molar-refractivity contribution in [1.29, 1.82) is 0 Å². The molecule has 3 aromatic rings. The molecule has 2 heterocycles. The van der Waals surface area contributed by atoms with Crippen LogP contribution in [-0.4, -0.2) is 25.8 Å². The fraction of sp³-hybridized carbons (Fsp3) is 0.125. The highest BCUT2D eigenvalue weighted by Crippen LogP contribution is 2.32. The minimum atomic E-state index is -0.679. The molecule has 0 radical (unpaired) electrons. The fourth-order valence-corrected chi connectivity index (χ4v) is 2.97. The van der Waals surface area contributed by atoms with Gasteiger partial charge in [-0.3, -0.25) is 25.8 Å². The van der Waals surface area contributed by atoms with Gasteiger partial charge in [-0.15, -0.1) is 11.3 Å². The number of nitrogens with one attached hydrogen (secondary N) is 3. The molecule has 12 heteroatoms. The fourth-order valence-electron chi connectivity index (χ4n) is 2.15. The van der Waals surface area contributed by atoms with Crippen molar-refractivity contribution < 1.29 is 14.1 Å². The first-order chi connectivity index (χ1) is 13.3. The monoisotopic (exact) mass is 403 g/mol. The molecule has 1 aromatic carbocycles. The number of thiazole rings is 1. The number of rotatable bonds is 6. The minimum absolute atomic E-state index is 0.0766. The first-order valence-corrected chi connectivity index (χ1v) is 8.69. The van der Waals surface area contributed by atoms with Crippen LogP contribution in [-0.2, 0) is 0 Å². The van der Waals surface area contributed by atoms with Gasteiger partial charge in [0.15, 0.2) is 5.13 Å². The number of nitrogens with zero attached hydrogens (tertiary/aromatic N) is 4. The number of carbonyl (C=O) groups is 1. The first-order valence-electron chi connectivity index (χ1n) is 7.87. The predicted octanol–water partition coefficient (Wildman–Crippen LogP) is 3.10. The van der Waals surface area contributed by atoms with Gasteiger partial charge in [0.1, 0.15) is 12.1 Å². The van der Waals surface area contributed by atoms with Gasteiger partial charge in [-0.25, -0.2) is 19.3 Å². The van der Waals surface area contributed by atoms with E-state index in [-0.39, 0.29) is 17.2 Å². The van der Waals surface area contributed by atoms with Crippen molar-refractivity contribution in [2.24, 2.45) is 0 Å². The van der Waals surface area contributed by atoms with Crippen LogP contribution in [0.15, 0.2) is 30.6 Å². The Kier molecular flexibility index (Phi) is 5.40. The Labute approximate surface area is 162 Å². The molecular formula is C16H14FN7O3S. The van der Waals surface area contributed by atoms with Crippen molar-refractivity contribution in [2.45, 2.75) is 13.8 Å². The van der Waals surface area contributed by atoms with Crippen molar-refractivity contribution in [3.63, 3.8) is 0 Å². The number of hydrogen-bond donors (Lipinski definition) is 3. The molecule has 3 N–H and O–H groups in total. The summed E-state index contributed by atoms with van der Waals surface area (Å²) in [4.78, 5) is 35.9. The van der Waals surface area contributed by atoms with E-state index in [1.807, 2.05) is 13.8 Å². The average Bonchev–Trinajstić information content (AvgIpc) is 2.97. The van der Waals surface area contributed by atoms with Crippen molar-refractivity contribution in [1.82, 2.24) is 20.4 Å². The summed E-state index contributed by atoms with van der Waals surface area (Å²) in [5.41, 5.74) is 5.19. The number of hydrazine groups is 1. The normalized spacial score (nSPS) is 10.4. The van der Waals surface area contributed by atoms with E-state index in [9.17, 15) is 19.3 Å². The smallest absolute Gasteiger partial charge is 0.310 e. The molecule has 10 nitrogen and oxygen atoms in total. The molecule has 3 rings (SSSR count). The van der Waals surface area contributed by atoms with Crippen LogP contribution in [0.2, 0.25) is 0 Å². The summed E-state index contributed by atoms with van der Waals surface area (Å²) in [6, 6.07) is 4.81. The van der Waals surface area contributed by atoms with Crippen LogP contribution in [0, 0.1) is 29.8 Å². The lowest BCUT2D eigenvalue weighted by Crippen LogP contribution is -2.30. The molecule has 28 heavy (non-hydrogen) atoms. The molecule has 0 saturated heterocycles. The van der Waals surface area contributed by atoms with Gasteiger partial charge in [0.2, 0.25) is 11.6 Å². The number of anilines is 3. The topological polar surface area (TPSA) is 135 Å². The van der Waals surface area contributed by atoms with Crippen LogP contribution in [0.5, 0.6) is 0 Å². The summed E-state index contributed by atoms with van der Waals surface area (Å²) in [7, 11) is 0. The number of carbonyl (C=O) groups excluding carboxylic acids is 1. The maximum atomic E-state index is 12.9. The molecule has 1 amide bonds. The summed E-state index contributed by atoms with van der Waals surface area (Å²) in [6.45, 7) is 3.70. The van der Waals surface area contributed by atoms with E-state index < -0.39 is 22.3 Å². The lowest BCUT2D eigenvalue weighted by Gasteiger charge is -2.10. The van der Waals surface area contributed by atoms with Gasteiger partial charge >= 0.3 is 5.69 Å². The number of aryl methyl sites for hydroxylation is 2. The summed E-state index contributed by atoms with van der Waals surface area (Å²) in [6.07, 6.45) is 1.11. The largest absolute Gasteiger partial charge is 0.355 e. The Hall–Kier alpha value is -3.67. The maximum absolute atomic E-state index is 12.9. The van der Waals surface area contributed by atoms with Crippen molar-refractivity contribution in [3.8, 4) is 0 Å². The number of nitro groups is 1. The standard InChI is InChI=1S/C16H14FN7O3S/c1-8-9(2)28-16(20-8)21-13-12(24(26)27)14(19-7-18-13)22-23-15(25)10-3-5-11(17)6-4-10/h3-7H,1-2H3,(H,23,25)(H2,18,19,20,21,22). The molecule has 0 saturated carbocycles. The molecule has 0 bridgehead atoms. The Morgan fingerprint density at radius 3 is 2.46 bits per heavy atom. The zero-order valence-electron chi connectivity index (χ0n) is 14.7. The van der Waals surface area contributed by atoms with Gasteiger partial charge in [0, 0.05) is 10.4 Å². The van der Waals surface area contributed by atoms with E-state index in [1.165, 1.54) is 23.5 Å². The van der Waals surface area contributed by atoms with E-state index in [2.05, 4.69) is 31.1 Å². The third kappa shape index (κ3) is 4.17. The predicted molar refractivity (Wildman–Crippen MR) is 101 cm³/mol. The van der Waals surface area contributed by atoms with E-state index in [1.54, 1.807) is 0 Å². The van der Waals surface area contributed by atoms with Gasteiger partial charge in [0.05, 0.1) is 10.6 Å². The number of halogens is 1. The van der Waals surface area contributed by atoms with Gasteiger partial charge < -0.3 is 5.32 Å². The molecule has 0 aliphatic rings. The number of amides is 1. The highest BCUT2D eigenvalue weighted by molar-refractivity contribution is 7.15. The third-order valence-electron chi connectivity index (χ3n) is 3.66. The molecular weight excluding hydrogens is 389 g/mol. The minimum Gasteiger partial charge on any atom is -0.310 e. The molecule has 0 aliphatic carbocycles. The van der Waals surface area contributed by atoms with Gasteiger partial charge in [-0.2, -0.15) is 0 Å². The van der Waals surface area contributed by atoms with E-state index in [4.69, 9.17) is 0 Å². The number of aromatic nitrogens is 3. The summed E-state index contributed by atoms with van der Waals surface area (Å²) >= 11 is 1.33. The highest BCUT2D eigenvalue weighted by Gasteiger charge is 2.24. The molecule has 0 aliphatic heterocycles. The van der Waals surface area contributed by atoms with Crippen LogP contribution < -0.4 is 16.2 Å². The van der Waals surface area contributed by atoms with Crippen LogP contribution in [0.3, 0.4) is 0 Å². The SMILES string of the molecule is Cc1nc(Nc2ncnc(NNC(=O)c3ccc(F)cc3)c2[N+](=O)[O-])sc1C. The van der Waals surface area contributed by atoms with Crippen LogP contribution in [0.4, 0.5) is 26.8 Å². The quantitative estimate of drug-likeness (QED) is 0.422. The lowest BCUT2D eigenvalue weighted by molar-refractivity contribution is -0.383. The molecule has 0 unspecified atom stereocenters. The van der Waals surface area contributed by atoms with Gasteiger partial charge in [-0.05, 0) is 38.1 Å².